The number of terminal acetylenes is 1. The van der Waals surface area contributed by atoms with Crippen molar-refractivity contribution in [1.29, 1.82) is 0 Å². The lowest BCUT2D eigenvalue weighted by atomic mass is 9.91. The van der Waals surface area contributed by atoms with Gasteiger partial charge in [0.1, 0.15) is 0 Å². The number of piperidine rings is 1. The number of nitrogens with one attached hydrogen (secondary N) is 1. The summed E-state index contributed by atoms with van der Waals surface area (Å²) >= 11 is 0. The fourth-order valence-corrected chi connectivity index (χ4v) is 6.16. The van der Waals surface area contributed by atoms with Crippen LogP contribution < -0.4 is 5.32 Å². The SMILES string of the molecule is C#CCCC(C)CC(C)CN1[C@@H]2CC[C@H]1CC(NC(=O)c1nn(C(C)C)c3ccccc13)C2. The number of nitrogens with zero attached hydrogens (tertiary/aromatic N) is 3. The van der Waals surface area contributed by atoms with Crippen molar-refractivity contribution in [3.05, 3.63) is 30.0 Å². The van der Waals surface area contributed by atoms with Gasteiger partial charge in [-0.1, -0.05) is 32.0 Å². The molecule has 5 nitrogen and oxygen atoms in total. The maximum Gasteiger partial charge on any atom is 0.272 e. The fraction of sp³-hybridized carbons (Fsp3) is 0.643. The van der Waals surface area contributed by atoms with E-state index >= 15 is 0 Å². The summed E-state index contributed by atoms with van der Waals surface area (Å²) in [5, 5.41) is 8.98. The first-order chi connectivity index (χ1) is 15.9. The quantitative estimate of drug-likeness (QED) is 0.521. The number of aromatic nitrogens is 2. The summed E-state index contributed by atoms with van der Waals surface area (Å²) in [7, 11) is 0. The lowest BCUT2D eigenvalue weighted by molar-refractivity contribution is 0.0786. The van der Waals surface area contributed by atoms with Crippen molar-refractivity contribution in [3.63, 3.8) is 0 Å². The van der Waals surface area contributed by atoms with Gasteiger partial charge in [0.15, 0.2) is 5.69 Å². The summed E-state index contributed by atoms with van der Waals surface area (Å²) in [6.07, 6.45) is 13.3. The average Bonchev–Trinajstić information content (AvgIpc) is 3.27. The molecule has 3 unspecified atom stereocenters. The van der Waals surface area contributed by atoms with E-state index in [-0.39, 0.29) is 18.0 Å². The van der Waals surface area contributed by atoms with Crippen molar-refractivity contribution in [2.75, 3.05) is 6.54 Å². The molecule has 1 aromatic carbocycles. The molecule has 3 heterocycles. The Morgan fingerprint density at radius 1 is 1.15 bits per heavy atom. The van der Waals surface area contributed by atoms with Crippen molar-refractivity contribution >= 4 is 16.8 Å². The predicted molar refractivity (Wildman–Crippen MR) is 135 cm³/mol. The molecule has 1 amide bonds. The fourth-order valence-electron chi connectivity index (χ4n) is 6.16. The minimum absolute atomic E-state index is 0.0286. The largest absolute Gasteiger partial charge is 0.348 e. The minimum Gasteiger partial charge on any atom is -0.348 e. The molecule has 5 atom stereocenters. The molecule has 33 heavy (non-hydrogen) atoms. The van der Waals surface area contributed by atoms with Gasteiger partial charge in [0.25, 0.3) is 5.91 Å². The number of rotatable bonds is 9. The van der Waals surface area contributed by atoms with Crippen LogP contribution in [-0.4, -0.2) is 45.3 Å². The zero-order valence-electron chi connectivity index (χ0n) is 20.8. The summed E-state index contributed by atoms with van der Waals surface area (Å²) in [6, 6.07) is 9.67. The third-order valence-electron chi connectivity index (χ3n) is 7.65. The molecule has 1 aromatic heterocycles. The van der Waals surface area contributed by atoms with Gasteiger partial charge in [-0.05, 0) is 70.3 Å². The second kappa shape index (κ2) is 10.3. The number of fused-ring (bicyclic) bond motifs is 3. The van der Waals surface area contributed by atoms with Crippen molar-refractivity contribution in [3.8, 4) is 12.3 Å². The maximum atomic E-state index is 13.2. The molecule has 1 N–H and O–H groups in total. The molecular formula is C28H40N4O. The van der Waals surface area contributed by atoms with Gasteiger partial charge in [-0.15, -0.1) is 12.3 Å². The molecule has 2 aromatic rings. The molecule has 0 spiro atoms. The summed E-state index contributed by atoms with van der Waals surface area (Å²) in [6.45, 7) is 10.1. The second-order valence-electron chi connectivity index (χ2n) is 10.8. The highest BCUT2D eigenvalue weighted by Crippen LogP contribution is 2.37. The maximum absolute atomic E-state index is 13.2. The molecule has 5 heteroatoms. The average molecular weight is 449 g/mol. The number of carbonyl (C=O) groups excluding carboxylic acids is 1. The van der Waals surface area contributed by atoms with E-state index in [9.17, 15) is 4.79 Å². The number of para-hydroxylation sites is 1. The van der Waals surface area contributed by atoms with Crippen LogP contribution in [0.3, 0.4) is 0 Å². The number of hydrogen-bond acceptors (Lipinski definition) is 3. The highest BCUT2D eigenvalue weighted by Gasteiger charge is 2.41. The first-order valence-electron chi connectivity index (χ1n) is 12.8. The van der Waals surface area contributed by atoms with Gasteiger partial charge < -0.3 is 5.32 Å². The minimum atomic E-state index is -0.0286. The smallest absolute Gasteiger partial charge is 0.272 e. The van der Waals surface area contributed by atoms with Gasteiger partial charge in [-0.25, -0.2) is 0 Å². The standard InChI is InChI=1S/C28H40N4O/c1-6-7-10-20(4)15-21(5)18-31-23-13-14-24(31)17-22(16-23)29-28(33)27-25-11-8-9-12-26(25)32(30-27)19(2)3/h1,8-9,11-12,19-24H,7,10,13-18H2,2-5H3,(H,29,33)/t20?,21?,22?,23-,24+. The summed E-state index contributed by atoms with van der Waals surface area (Å²) < 4.78 is 1.96. The first-order valence-corrected chi connectivity index (χ1v) is 12.8. The Kier molecular flexibility index (Phi) is 7.44. The van der Waals surface area contributed by atoms with E-state index < -0.39 is 0 Å². The van der Waals surface area contributed by atoms with Gasteiger partial charge >= 0.3 is 0 Å². The van der Waals surface area contributed by atoms with E-state index in [1.807, 2.05) is 28.9 Å². The number of carbonyl (C=O) groups is 1. The van der Waals surface area contributed by atoms with Crippen LogP contribution in [-0.2, 0) is 0 Å². The van der Waals surface area contributed by atoms with Gasteiger partial charge in [0.05, 0.1) is 5.52 Å². The molecule has 2 aliphatic rings. The van der Waals surface area contributed by atoms with Crippen LogP contribution in [0.2, 0.25) is 0 Å². The van der Waals surface area contributed by atoms with E-state index in [0.717, 1.165) is 36.6 Å². The lowest BCUT2D eigenvalue weighted by Gasteiger charge is -2.40. The Morgan fingerprint density at radius 2 is 1.85 bits per heavy atom. The zero-order chi connectivity index (χ0) is 23.5. The van der Waals surface area contributed by atoms with Crippen molar-refractivity contribution in [1.82, 2.24) is 20.0 Å². The van der Waals surface area contributed by atoms with Crippen LogP contribution in [0.15, 0.2) is 24.3 Å². The Morgan fingerprint density at radius 3 is 2.52 bits per heavy atom. The highest BCUT2D eigenvalue weighted by atomic mass is 16.2. The van der Waals surface area contributed by atoms with Gasteiger partial charge in [0.2, 0.25) is 0 Å². The molecule has 0 radical (unpaired) electrons. The van der Waals surface area contributed by atoms with Gasteiger partial charge in [0, 0.05) is 42.5 Å². The molecule has 2 saturated heterocycles. The lowest BCUT2D eigenvalue weighted by Crippen LogP contribution is -2.51. The van der Waals surface area contributed by atoms with E-state index in [4.69, 9.17) is 11.5 Å². The van der Waals surface area contributed by atoms with E-state index in [0.29, 0.717) is 29.6 Å². The van der Waals surface area contributed by atoms with Crippen LogP contribution in [0.5, 0.6) is 0 Å². The summed E-state index contributed by atoms with van der Waals surface area (Å²) in [5.41, 5.74) is 1.58. The van der Waals surface area contributed by atoms with Crippen LogP contribution in [0.4, 0.5) is 0 Å². The Hall–Kier alpha value is -2.32. The van der Waals surface area contributed by atoms with Crippen LogP contribution in [0.1, 0.15) is 89.2 Å². The first kappa shape index (κ1) is 23.8. The van der Waals surface area contributed by atoms with E-state index in [1.54, 1.807) is 0 Å². The Labute approximate surface area is 199 Å². The van der Waals surface area contributed by atoms with E-state index in [1.165, 1.54) is 25.8 Å². The molecule has 0 saturated carbocycles. The molecule has 2 bridgehead atoms. The topological polar surface area (TPSA) is 50.2 Å². The number of benzene rings is 1. The van der Waals surface area contributed by atoms with E-state index in [2.05, 4.69) is 43.8 Å². The van der Waals surface area contributed by atoms with Crippen LogP contribution in [0, 0.1) is 24.2 Å². The van der Waals surface area contributed by atoms with Crippen molar-refractivity contribution in [2.24, 2.45) is 11.8 Å². The predicted octanol–water partition coefficient (Wildman–Crippen LogP) is 5.42. The number of amides is 1. The normalized spacial score (nSPS) is 24.7. The molecule has 2 fully saturated rings. The zero-order valence-corrected chi connectivity index (χ0v) is 20.8. The molecule has 178 valence electrons. The van der Waals surface area contributed by atoms with Crippen molar-refractivity contribution in [2.45, 2.75) is 96.8 Å². The summed E-state index contributed by atoms with van der Waals surface area (Å²) in [4.78, 5) is 16.0. The molecule has 2 aliphatic heterocycles. The Balaban J connectivity index is 1.37. The van der Waals surface area contributed by atoms with Gasteiger partial charge in [-0.3, -0.25) is 14.4 Å². The third-order valence-corrected chi connectivity index (χ3v) is 7.65. The second-order valence-corrected chi connectivity index (χ2v) is 10.8. The van der Waals surface area contributed by atoms with Crippen LogP contribution in [0.25, 0.3) is 10.9 Å². The highest BCUT2D eigenvalue weighted by molar-refractivity contribution is 6.05. The molecular weight excluding hydrogens is 408 g/mol. The monoisotopic (exact) mass is 448 g/mol. The van der Waals surface area contributed by atoms with Crippen LogP contribution >= 0.6 is 0 Å². The van der Waals surface area contributed by atoms with Crippen molar-refractivity contribution < 1.29 is 4.79 Å². The van der Waals surface area contributed by atoms with Gasteiger partial charge in [-0.2, -0.15) is 5.10 Å². The molecule has 4 rings (SSSR count). The third kappa shape index (κ3) is 5.27. The molecule has 0 aliphatic carbocycles. The number of hydrogen-bond donors (Lipinski definition) is 1. The summed E-state index contributed by atoms with van der Waals surface area (Å²) in [5.74, 6) is 4.11. The Bertz CT molecular complexity index is 989.